The summed E-state index contributed by atoms with van der Waals surface area (Å²) in [6.45, 7) is 2.62. The van der Waals surface area contributed by atoms with Gasteiger partial charge in [-0.05, 0) is 82.7 Å². The second-order valence-electron chi connectivity index (χ2n) is 5.57. The first kappa shape index (κ1) is 19.7. The normalized spacial score (nSPS) is 15.1. The summed E-state index contributed by atoms with van der Waals surface area (Å²) in [7, 11) is 0. The van der Waals surface area contributed by atoms with Crippen molar-refractivity contribution in [3.8, 4) is 11.5 Å². The number of rotatable bonds is 6. The molecule has 27 heavy (non-hydrogen) atoms. The van der Waals surface area contributed by atoms with Gasteiger partial charge in [0.05, 0.1) is 15.1 Å². The number of thioether (sulfide) groups is 1. The Morgan fingerprint density at radius 1 is 1.26 bits per heavy atom. The number of benzene rings is 2. The van der Waals surface area contributed by atoms with Crippen molar-refractivity contribution in [3.05, 3.63) is 61.8 Å². The summed E-state index contributed by atoms with van der Waals surface area (Å²) in [6, 6.07) is 9.81. The van der Waals surface area contributed by atoms with Gasteiger partial charge in [0.15, 0.2) is 16.7 Å². The molecule has 3 rings (SSSR count). The smallest absolute Gasteiger partial charge is 0.264 e. The van der Waals surface area contributed by atoms with Crippen LogP contribution in [-0.4, -0.2) is 17.7 Å². The Hall–Kier alpha value is -2.07. The third-order valence-electron chi connectivity index (χ3n) is 3.59. The van der Waals surface area contributed by atoms with E-state index in [2.05, 4.69) is 27.9 Å². The third kappa shape index (κ3) is 5.01. The molecule has 0 spiro atoms. The van der Waals surface area contributed by atoms with E-state index in [0.717, 1.165) is 26.5 Å². The maximum Gasteiger partial charge on any atom is 0.264 e. The summed E-state index contributed by atoms with van der Waals surface area (Å²) >= 11 is 3.24. The second-order valence-corrected chi connectivity index (χ2v) is 7.79. The van der Waals surface area contributed by atoms with E-state index >= 15 is 0 Å². The molecule has 2 N–H and O–H groups in total. The SMILES string of the molecule is CCOc1cc(C=C2SC(=N)NC2=O)cc(I)c1OCc1ccc(F)cc1. The molecule has 1 aliphatic rings. The van der Waals surface area contributed by atoms with Gasteiger partial charge in [0, 0.05) is 0 Å². The summed E-state index contributed by atoms with van der Waals surface area (Å²) in [4.78, 5) is 12.3. The molecule has 0 unspecified atom stereocenters. The van der Waals surface area contributed by atoms with Crippen LogP contribution in [0.15, 0.2) is 41.3 Å². The van der Waals surface area contributed by atoms with Crippen molar-refractivity contribution >= 4 is 51.5 Å². The number of ether oxygens (including phenoxy) is 2. The van der Waals surface area contributed by atoms with Crippen molar-refractivity contribution in [2.24, 2.45) is 0 Å². The number of amides is 1. The van der Waals surface area contributed by atoms with Gasteiger partial charge in [-0.3, -0.25) is 10.2 Å². The van der Waals surface area contributed by atoms with E-state index in [1.807, 2.05) is 13.0 Å². The zero-order valence-electron chi connectivity index (χ0n) is 14.3. The maximum absolute atomic E-state index is 13.0. The van der Waals surface area contributed by atoms with Gasteiger partial charge < -0.3 is 14.8 Å². The lowest BCUT2D eigenvalue weighted by Gasteiger charge is -2.15. The molecule has 8 heteroatoms. The minimum Gasteiger partial charge on any atom is -0.490 e. The fourth-order valence-corrected chi connectivity index (χ4v) is 3.89. The average molecular weight is 498 g/mol. The number of carbonyl (C=O) groups is 1. The van der Waals surface area contributed by atoms with Crippen molar-refractivity contribution in [3.63, 3.8) is 0 Å². The summed E-state index contributed by atoms with van der Waals surface area (Å²) in [5, 5.41) is 10.1. The van der Waals surface area contributed by atoms with E-state index in [1.54, 1.807) is 24.3 Å². The number of hydrogen-bond donors (Lipinski definition) is 2. The van der Waals surface area contributed by atoms with E-state index in [4.69, 9.17) is 14.9 Å². The molecule has 0 saturated carbocycles. The fourth-order valence-electron chi connectivity index (χ4n) is 2.40. The number of carbonyl (C=O) groups excluding carboxylic acids is 1. The first-order valence-corrected chi connectivity index (χ1v) is 9.99. The highest BCUT2D eigenvalue weighted by atomic mass is 127. The Bertz CT molecular complexity index is 916. The molecule has 1 saturated heterocycles. The lowest BCUT2D eigenvalue weighted by Crippen LogP contribution is -2.18. The largest absolute Gasteiger partial charge is 0.490 e. The Kier molecular flexibility index (Phi) is 6.38. The third-order valence-corrected chi connectivity index (χ3v) is 5.22. The molecule has 0 radical (unpaired) electrons. The van der Waals surface area contributed by atoms with Gasteiger partial charge in [-0.15, -0.1) is 0 Å². The van der Waals surface area contributed by atoms with Crippen LogP contribution in [0.4, 0.5) is 4.39 Å². The summed E-state index contributed by atoms with van der Waals surface area (Å²) in [5.41, 5.74) is 1.63. The molecular formula is C19H16FIN2O3S. The van der Waals surface area contributed by atoms with Crippen molar-refractivity contribution < 1.29 is 18.7 Å². The van der Waals surface area contributed by atoms with Gasteiger partial charge in [-0.25, -0.2) is 4.39 Å². The quantitative estimate of drug-likeness (QED) is 0.453. The molecule has 1 amide bonds. The van der Waals surface area contributed by atoms with E-state index in [9.17, 15) is 9.18 Å². The fraction of sp³-hybridized carbons (Fsp3) is 0.158. The molecule has 0 atom stereocenters. The molecular weight excluding hydrogens is 482 g/mol. The van der Waals surface area contributed by atoms with Gasteiger partial charge in [-0.1, -0.05) is 12.1 Å². The van der Waals surface area contributed by atoms with Crippen LogP contribution in [0, 0.1) is 14.8 Å². The van der Waals surface area contributed by atoms with Crippen LogP contribution in [0.5, 0.6) is 11.5 Å². The zero-order valence-corrected chi connectivity index (χ0v) is 17.3. The minimum absolute atomic E-state index is 0.116. The number of amidine groups is 1. The topological polar surface area (TPSA) is 71.4 Å². The van der Waals surface area contributed by atoms with E-state index in [1.165, 1.54) is 12.1 Å². The summed E-state index contributed by atoms with van der Waals surface area (Å²) < 4.78 is 25.5. The van der Waals surface area contributed by atoms with Crippen LogP contribution in [0.25, 0.3) is 6.08 Å². The summed E-state index contributed by atoms with van der Waals surface area (Å²) in [5.74, 6) is 0.592. The molecule has 5 nitrogen and oxygen atoms in total. The van der Waals surface area contributed by atoms with E-state index < -0.39 is 0 Å². The van der Waals surface area contributed by atoms with Crippen LogP contribution in [0.2, 0.25) is 0 Å². The minimum atomic E-state index is -0.289. The van der Waals surface area contributed by atoms with Crippen LogP contribution in [0.3, 0.4) is 0 Å². The van der Waals surface area contributed by atoms with Crippen molar-refractivity contribution in [2.45, 2.75) is 13.5 Å². The van der Waals surface area contributed by atoms with Crippen molar-refractivity contribution in [1.29, 1.82) is 5.41 Å². The first-order chi connectivity index (χ1) is 13.0. The molecule has 0 aromatic heterocycles. The molecule has 0 aliphatic carbocycles. The highest BCUT2D eigenvalue weighted by Crippen LogP contribution is 2.36. The van der Waals surface area contributed by atoms with Crippen molar-refractivity contribution in [1.82, 2.24) is 5.32 Å². The Morgan fingerprint density at radius 2 is 2.00 bits per heavy atom. The van der Waals surface area contributed by atoms with E-state index in [-0.39, 0.29) is 23.5 Å². The predicted molar refractivity (Wildman–Crippen MR) is 112 cm³/mol. The molecule has 1 aliphatic heterocycles. The highest BCUT2D eigenvalue weighted by molar-refractivity contribution is 14.1. The monoisotopic (exact) mass is 498 g/mol. The molecule has 1 heterocycles. The zero-order chi connectivity index (χ0) is 19.4. The van der Waals surface area contributed by atoms with Gasteiger partial charge in [0.2, 0.25) is 0 Å². The average Bonchev–Trinajstić information content (AvgIpc) is 2.93. The Labute approximate surface area is 174 Å². The standard InChI is InChI=1S/C19H16FIN2O3S/c1-2-25-15-8-12(9-16-18(24)23-19(22)27-16)7-14(21)17(15)26-10-11-3-5-13(20)6-4-11/h3-9H,2,10H2,1H3,(H2,22,23,24). The first-order valence-electron chi connectivity index (χ1n) is 8.09. The molecule has 140 valence electrons. The van der Waals surface area contributed by atoms with Gasteiger partial charge in [-0.2, -0.15) is 0 Å². The number of hydrogen-bond acceptors (Lipinski definition) is 5. The number of halogens is 2. The second kappa shape index (κ2) is 8.75. The molecule has 0 bridgehead atoms. The van der Waals surface area contributed by atoms with Gasteiger partial charge in [0.1, 0.15) is 12.4 Å². The van der Waals surface area contributed by atoms with Crippen LogP contribution < -0.4 is 14.8 Å². The lowest BCUT2D eigenvalue weighted by atomic mass is 10.1. The van der Waals surface area contributed by atoms with Crippen LogP contribution in [0.1, 0.15) is 18.1 Å². The van der Waals surface area contributed by atoms with Gasteiger partial charge >= 0.3 is 0 Å². The molecule has 2 aromatic rings. The van der Waals surface area contributed by atoms with Crippen molar-refractivity contribution in [2.75, 3.05) is 6.61 Å². The molecule has 1 fully saturated rings. The van der Waals surface area contributed by atoms with Crippen LogP contribution >= 0.6 is 34.4 Å². The summed E-state index contributed by atoms with van der Waals surface area (Å²) in [6.07, 6.45) is 1.72. The number of nitrogens with one attached hydrogen (secondary N) is 2. The maximum atomic E-state index is 13.0. The molecule has 2 aromatic carbocycles. The van der Waals surface area contributed by atoms with Gasteiger partial charge in [0.25, 0.3) is 5.91 Å². The van der Waals surface area contributed by atoms with E-state index in [0.29, 0.717) is 23.0 Å². The Balaban J connectivity index is 1.85. The Morgan fingerprint density at radius 3 is 2.63 bits per heavy atom. The lowest BCUT2D eigenvalue weighted by molar-refractivity contribution is -0.115. The highest BCUT2D eigenvalue weighted by Gasteiger charge is 2.22. The predicted octanol–water partition coefficient (Wildman–Crippen LogP) is 4.55. The van der Waals surface area contributed by atoms with Crippen LogP contribution in [-0.2, 0) is 11.4 Å².